The van der Waals surface area contributed by atoms with Crippen LogP contribution in [0.5, 0.6) is 0 Å². The van der Waals surface area contributed by atoms with E-state index in [4.69, 9.17) is 16.7 Å². The number of aromatic amines is 1. The standard InChI is InChI=1S/C8H4ClFN2O2/c9-8-11-4-2-1-3(7(13)14)5(10)6(4)12-8/h1-2H,(H,11,12)(H,13,14). The van der Waals surface area contributed by atoms with Gasteiger partial charge < -0.3 is 10.1 Å². The predicted molar refractivity (Wildman–Crippen MR) is 48.0 cm³/mol. The molecule has 72 valence electrons. The maximum atomic E-state index is 13.4. The van der Waals surface area contributed by atoms with E-state index in [2.05, 4.69) is 9.97 Å². The Morgan fingerprint density at radius 3 is 2.93 bits per heavy atom. The molecule has 1 aromatic carbocycles. The fourth-order valence-corrected chi connectivity index (χ4v) is 1.36. The number of carbonyl (C=O) groups is 1. The lowest BCUT2D eigenvalue weighted by Gasteiger charge is -1.96. The molecule has 0 radical (unpaired) electrons. The maximum absolute atomic E-state index is 13.4. The van der Waals surface area contributed by atoms with Gasteiger partial charge in [-0.1, -0.05) is 0 Å². The van der Waals surface area contributed by atoms with Crippen LogP contribution in [0.15, 0.2) is 12.1 Å². The number of nitrogens with one attached hydrogen (secondary N) is 1. The average molecular weight is 215 g/mol. The molecule has 0 amide bonds. The van der Waals surface area contributed by atoms with Crippen molar-refractivity contribution in [3.8, 4) is 0 Å². The molecule has 0 atom stereocenters. The number of hydrogen-bond acceptors (Lipinski definition) is 2. The van der Waals surface area contributed by atoms with E-state index in [0.29, 0.717) is 5.52 Å². The van der Waals surface area contributed by atoms with Crippen molar-refractivity contribution in [1.29, 1.82) is 0 Å². The molecule has 6 heteroatoms. The number of fused-ring (bicyclic) bond motifs is 1. The Morgan fingerprint density at radius 2 is 2.29 bits per heavy atom. The third-order valence-electron chi connectivity index (χ3n) is 1.79. The Kier molecular flexibility index (Phi) is 1.89. The molecule has 0 aliphatic rings. The molecule has 0 saturated heterocycles. The number of hydrogen-bond donors (Lipinski definition) is 2. The van der Waals surface area contributed by atoms with Crippen LogP contribution < -0.4 is 0 Å². The van der Waals surface area contributed by atoms with Crippen LogP contribution in [0.25, 0.3) is 11.0 Å². The molecule has 0 saturated carbocycles. The van der Waals surface area contributed by atoms with Crippen molar-refractivity contribution in [2.24, 2.45) is 0 Å². The van der Waals surface area contributed by atoms with Crippen LogP contribution in [0.1, 0.15) is 10.4 Å². The van der Waals surface area contributed by atoms with Gasteiger partial charge in [0.25, 0.3) is 0 Å². The van der Waals surface area contributed by atoms with Gasteiger partial charge in [0.2, 0.25) is 5.28 Å². The second-order valence-corrected chi connectivity index (χ2v) is 3.01. The molecule has 2 N–H and O–H groups in total. The summed E-state index contributed by atoms with van der Waals surface area (Å²) in [4.78, 5) is 16.8. The molecule has 2 aromatic rings. The highest BCUT2D eigenvalue weighted by Gasteiger charge is 2.15. The van der Waals surface area contributed by atoms with Crippen LogP contribution in [0.4, 0.5) is 4.39 Å². The number of H-pyrrole nitrogens is 1. The van der Waals surface area contributed by atoms with Crippen LogP contribution in [0, 0.1) is 5.82 Å². The van der Waals surface area contributed by atoms with Gasteiger partial charge in [0.05, 0.1) is 11.1 Å². The lowest BCUT2D eigenvalue weighted by molar-refractivity contribution is 0.0692. The highest BCUT2D eigenvalue weighted by atomic mass is 35.5. The molecule has 2 rings (SSSR count). The van der Waals surface area contributed by atoms with Crippen molar-refractivity contribution < 1.29 is 14.3 Å². The lowest BCUT2D eigenvalue weighted by atomic mass is 10.2. The predicted octanol–water partition coefficient (Wildman–Crippen LogP) is 2.05. The number of nitrogens with zero attached hydrogens (tertiary/aromatic N) is 1. The fraction of sp³-hybridized carbons (Fsp3) is 0. The Balaban J connectivity index is 2.80. The highest BCUT2D eigenvalue weighted by Crippen LogP contribution is 2.20. The molecule has 0 unspecified atom stereocenters. The van der Waals surface area contributed by atoms with Gasteiger partial charge in [-0.05, 0) is 23.7 Å². The molecule has 0 aliphatic carbocycles. The quantitative estimate of drug-likeness (QED) is 0.764. The van der Waals surface area contributed by atoms with E-state index in [9.17, 15) is 9.18 Å². The Hall–Kier alpha value is -1.62. The molecule has 0 bridgehead atoms. The zero-order chi connectivity index (χ0) is 10.3. The van der Waals surface area contributed by atoms with Gasteiger partial charge in [-0.3, -0.25) is 0 Å². The molecule has 1 heterocycles. The van der Waals surface area contributed by atoms with E-state index >= 15 is 0 Å². The van der Waals surface area contributed by atoms with Crippen LogP contribution in [0.3, 0.4) is 0 Å². The molecular weight excluding hydrogens is 211 g/mol. The van der Waals surface area contributed by atoms with E-state index in [-0.39, 0.29) is 10.8 Å². The van der Waals surface area contributed by atoms with Gasteiger partial charge in [0, 0.05) is 0 Å². The zero-order valence-electron chi connectivity index (χ0n) is 6.71. The first kappa shape index (κ1) is 8.96. The summed E-state index contributed by atoms with van der Waals surface area (Å²) in [6, 6.07) is 2.58. The number of halogens is 2. The van der Waals surface area contributed by atoms with Crippen LogP contribution in [-0.2, 0) is 0 Å². The van der Waals surface area contributed by atoms with E-state index in [1.54, 1.807) is 0 Å². The van der Waals surface area contributed by atoms with E-state index < -0.39 is 17.3 Å². The zero-order valence-corrected chi connectivity index (χ0v) is 7.47. The van der Waals surface area contributed by atoms with Crippen LogP contribution in [0.2, 0.25) is 5.28 Å². The monoisotopic (exact) mass is 214 g/mol. The number of imidazole rings is 1. The number of benzene rings is 1. The highest BCUT2D eigenvalue weighted by molar-refractivity contribution is 6.29. The normalized spacial score (nSPS) is 10.7. The summed E-state index contributed by atoms with van der Waals surface area (Å²) in [5, 5.41) is 8.65. The van der Waals surface area contributed by atoms with E-state index in [0.717, 1.165) is 6.07 Å². The summed E-state index contributed by atoms with van der Waals surface area (Å²) in [7, 11) is 0. The molecule has 0 fully saturated rings. The van der Waals surface area contributed by atoms with Gasteiger partial charge in [-0.2, -0.15) is 0 Å². The summed E-state index contributed by atoms with van der Waals surface area (Å²) >= 11 is 5.51. The average Bonchev–Trinajstić information content (AvgIpc) is 2.46. The lowest BCUT2D eigenvalue weighted by Crippen LogP contribution is -2.00. The van der Waals surface area contributed by atoms with Gasteiger partial charge in [-0.15, -0.1) is 0 Å². The van der Waals surface area contributed by atoms with Gasteiger partial charge in [0.15, 0.2) is 5.82 Å². The number of rotatable bonds is 1. The fourth-order valence-electron chi connectivity index (χ4n) is 1.18. The minimum atomic E-state index is -1.33. The molecule has 4 nitrogen and oxygen atoms in total. The first-order chi connectivity index (χ1) is 6.59. The summed E-state index contributed by atoms with van der Waals surface area (Å²) in [6.07, 6.45) is 0. The number of aromatic nitrogens is 2. The van der Waals surface area contributed by atoms with Crippen LogP contribution in [-0.4, -0.2) is 21.0 Å². The maximum Gasteiger partial charge on any atom is 0.338 e. The first-order valence-corrected chi connectivity index (χ1v) is 4.04. The second kappa shape index (κ2) is 2.95. The number of aromatic carboxylic acids is 1. The van der Waals surface area contributed by atoms with Crippen molar-refractivity contribution in [2.75, 3.05) is 0 Å². The molecular formula is C8H4ClFN2O2. The van der Waals surface area contributed by atoms with E-state index in [1.165, 1.54) is 6.07 Å². The largest absolute Gasteiger partial charge is 0.478 e. The van der Waals surface area contributed by atoms with Gasteiger partial charge in [0.1, 0.15) is 5.52 Å². The van der Waals surface area contributed by atoms with Gasteiger partial charge in [-0.25, -0.2) is 14.2 Å². The molecule has 0 spiro atoms. The molecule has 14 heavy (non-hydrogen) atoms. The minimum Gasteiger partial charge on any atom is -0.478 e. The summed E-state index contributed by atoms with van der Waals surface area (Å²) in [5.41, 5.74) is -0.104. The Bertz CT molecular complexity index is 523. The van der Waals surface area contributed by atoms with Crippen molar-refractivity contribution in [1.82, 2.24) is 9.97 Å². The van der Waals surface area contributed by atoms with E-state index in [1.807, 2.05) is 0 Å². The summed E-state index contributed by atoms with van der Waals surface area (Å²) < 4.78 is 13.4. The number of carboxylic acid groups (broad SMARTS) is 1. The Labute approximate surface area is 82.3 Å². The third-order valence-corrected chi connectivity index (χ3v) is 1.97. The van der Waals surface area contributed by atoms with Crippen molar-refractivity contribution in [3.05, 3.63) is 28.8 Å². The Morgan fingerprint density at radius 1 is 1.57 bits per heavy atom. The second-order valence-electron chi connectivity index (χ2n) is 2.66. The van der Waals surface area contributed by atoms with Crippen LogP contribution >= 0.6 is 11.6 Å². The third kappa shape index (κ3) is 1.22. The van der Waals surface area contributed by atoms with Crippen molar-refractivity contribution in [3.63, 3.8) is 0 Å². The SMILES string of the molecule is O=C(O)c1ccc2[nH]c(Cl)nc2c1F. The topological polar surface area (TPSA) is 66.0 Å². The molecule has 1 aromatic heterocycles. The van der Waals surface area contributed by atoms with Crippen molar-refractivity contribution >= 4 is 28.6 Å². The minimum absolute atomic E-state index is 0.0291. The van der Waals surface area contributed by atoms with Gasteiger partial charge >= 0.3 is 5.97 Å². The molecule has 0 aliphatic heterocycles. The van der Waals surface area contributed by atoms with Crippen molar-refractivity contribution in [2.45, 2.75) is 0 Å². The summed E-state index contributed by atoms with van der Waals surface area (Å²) in [5.74, 6) is -2.21. The first-order valence-electron chi connectivity index (χ1n) is 3.66. The smallest absolute Gasteiger partial charge is 0.338 e. The number of carboxylic acids is 1. The summed E-state index contributed by atoms with van der Waals surface area (Å²) in [6.45, 7) is 0.